The Kier molecular flexibility index (Phi) is 24.8. The van der Waals surface area contributed by atoms with Crippen LogP contribution in [0.25, 0.3) is 0 Å². The fraction of sp³-hybridized carbons (Fsp3) is 0.830. The van der Waals surface area contributed by atoms with Crippen LogP contribution in [0.2, 0.25) is 0 Å². The Labute approximate surface area is 456 Å². The average molecular weight is 1140 g/mol. The van der Waals surface area contributed by atoms with Gasteiger partial charge in [0.2, 0.25) is 11.8 Å². The summed E-state index contributed by atoms with van der Waals surface area (Å²) in [6.07, 6.45) is -10.0. The number of carbonyl (C=O) groups is 3. The third-order valence-corrected chi connectivity index (χ3v) is 16.7. The average Bonchev–Trinajstić information content (AvgIpc) is 4.25. The van der Waals surface area contributed by atoms with Crippen LogP contribution < -0.4 is 37.2 Å². The molecule has 23 heteroatoms. The third kappa shape index (κ3) is 17.7. The monoisotopic (exact) mass is 1140 g/mol. The van der Waals surface area contributed by atoms with Crippen LogP contribution in [0.15, 0.2) is 22.7 Å². The molecule has 2 amide bonds. The number of benzene rings is 1. The van der Waals surface area contributed by atoms with E-state index in [1.807, 2.05) is 6.92 Å². The summed E-state index contributed by atoms with van der Waals surface area (Å²) in [7, 11) is 0. The van der Waals surface area contributed by atoms with Crippen LogP contribution in [0.4, 0.5) is 0 Å². The highest BCUT2D eigenvalue weighted by Gasteiger charge is 2.53. The van der Waals surface area contributed by atoms with Crippen molar-refractivity contribution in [2.24, 2.45) is 23.7 Å². The normalized spacial score (nSPS) is 34.4. The molecule has 7 rings (SSSR count). The van der Waals surface area contributed by atoms with Gasteiger partial charge in [0.1, 0.15) is 42.7 Å². The first kappa shape index (κ1) is 61.1. The van der Waals surface area contributed by atoms with Gasteiger partial charge in [-0.05, 0) is 120 Å². The molecule has 0 radical (unpaired) electrons. The molecule has 432 valence electrons. The minimum Gasteiger partial charge on any atom is -0.479 e. The highest BCUT2D eigenvalue weighted by molar-refractivity contribution is 9.10. The molecule has 1 aromatic rings. The van der Waals surface area contributed by atoms with E-state index in [0.29, 0.717) is 58.4 Å². The smallest absolute Gasteiger partial charge is 0.332 e. The molecule has 0 aromatic heterocycles. The lowest BCUT2D eigenvalue weighted by molar-refractivity contribution is -0.338. The number of halogens is 1. The van der Waals surface area contributed by atoms with Crippen molar-refractivity contribution in [2.75, 3.05) is 85.1 Å². The summed E-state index contributed by atoms with van der Waals surface area (Å²) in [5, 5.41) is 88.4. The first-order valence-electron chi connectivity index (χ1n) is 28.2. The Morgan fingerprint density at radius 1 is 0.789 bits per heavy atom. The summed E-state index contributed by atoms with van der Waals surface area (Å²) in [6, 6.07) is 5.19. The molecule has 13 N–H and O–H groups in total. The van der Waals surface area contributed by atoms with Crippen molar-refractivity contribution in [3.8, 4) is 0 Å². The van der Waals surface area contributed by atoms with Gasteiger partial charge in [0.05, 0.1) is 24.9 Å². The first-order valence-corrected chi connectivity index (χ1v) is 29.0. The van der Waals surface area contributed by atoms with Gasteiger partial charge in [0.15, 0.2) is 18.7 Å². The SMILES string of the molecule is CCC1CC(C(=O)NCCNCc2ccc(CN3CCCNCCNCCCNCC3)cc2Br)CC(OC2OC(CO)C(O)C(O[C@@H](CC3CC3)C(=O)O)C2NC(=O)C2CCNCC2)C1OC1OC(C)C(O)C(O)C1O. The first-order chi connectivity index (χ1) is 36.7. The number of carboxylic acid groups (broad SMARTS) is 1. The lowest BCUT2D eigenvalue weighted by Crippen LogP contribution is -2.68. The van der Waals surface area contributed by atoms with Crippen molar-refractivity contribution in [1.82, 2.24) is 42.1 Å². The van der Waals surface area contributed by atoms with E-state index < -0.39 is 110 Å². The van der Waals surface area contributed by atoms with E-state index >= 15 is 0 Å². The summed E-state index contributed by atoms with van der Waals surface area (Å²) in [5.74, 6) is -3.14. The summed E-state index contributed by atoms with van der Waals surface area (Å²) in [4.78, 5) is 43.4. The highest BCUT2D eigenvalue weighted by atomic mass is 79.9. The van der Waals surface area contributed by atoms with Crippen LogP contribution in [0.1, 0.15) is 89.2 Å². The van der Waals surface area contributed by atoms with Crippen LogP contribution >= 0.6 is 15.9 Å². The predicted octanol–water partition coefficient (Wildman–Crippen LogP) is -0.745. The molecule has 22 nitrogen and oxygen atoms in total. The Morgan fingerprint density at radius 3 is 2.21 bits per heavy atom. The van der Waals surface area contributed by atoms with Gasteiger partial charge in [-0.2, -0.15) is 0 Å². The molecule has 0 bridgehead atoms. The molecule has 4 aliphatic heterocycles. The van der Waals surface area contributed by atoms with Gasteiger partial charge in [0.25, 0.3) is 0 Å². The van der Waals surface area contributed by atoms with E-state index in [-0.39, 0.29) is 30.6 Å². The van der Waals surface area contributed by atoms with Crippen LogP contribution in [0, 0.1) is 23.7 Å². The summed E-state index contributed by atoms with van der Waals surface area (Å²) in [5.41, 5.74) is 2.31. The minimum atomic E-state index is -1.65. The lowest BCUT2D eigenvalue weighted by atomic mass is 9.75. The van der Waals surface area contributed by atoms with Gasteiger partial charge in [-0.1, -0.05) is 54.2 Å². The number of amides is 2. The van der Waals surface area contributed by atoms with Crippen LogP contribution in [0.3, 0.4) is 0 Å². The Bertz CT molecular complexity index is 1930. The molecule has 4 heterocycles. The standard InChI is InChI=1S/C53H89BrN8O14/c1-3-34-26-37(49(68)60-20-19-59-28-36-9-8-33(24-38(36)54)29-62-22-5-14-56-18-17-55-12-4-13-57-21-23-62)27-39(47(34)76-53-46(67)45(66)43(64)31(2)72-53)74-52-42(61-50(69)35-10-15-58-16-11-35)48(44(65)41(30-63)75-52)73-40(51(70)71)25-32-6-7-32/h8-9,24,31-32,34-35,37,39-48,52-53,55-59,63-67H,3-7,10-23,25-30H2,1-2H3,(H,60,68)(H,61,69)(H,70,71)/t31?,34?,37?,39?,40-,41?,42?,43?,44?,45?,46?,47?,48?,52?,53?/m0/s1. The largest absolute Gasteiger partial charge is 0.479 e. The van der Waals surface area contributed by atoms with Crippen molar-refractivity contribution in [1.29, 1.82) is 0 Å². The summed E-state index contributed by atoms with van der Waals surface area (Å²) >= 11 is 3.81. The van der Waals surface area contributed by atoms with Crippen molar-refractivity contribution in [2.45, 2.75) is 171 Å². The summed E-state index contributed by atoms with van der Waals surface area (Å²) in [6.45, 7) is 14.1. The van der Waals surface area contributed by atoms with Crippen LogP contribution in [-0.2, 0) is 51.2 Å². The van der Waals surface area contributed by atoms with Crippen molar-refractivity contribution < 1.29 is 68.7 Å². The number of hydrogen-bond acceptors (Lipinski definition) is 19. The number of hydrogen-bond donors (Lipinski definition) is 13. The number of aliphatic carboxylic acids is 1. The second-order valence-electron chi connectivity index (χ2n) is 21.8. The third-order valence-electron chi connectivity index (χ3n) is 16.0. The van der Waals surface area contributed by atoms with Crippen molar-refractivity contribution in [3.05, 3.63) is 33.8 Å². The minimum absolute atomic E-state index is 0.0535. The molecule has 15 atom stereocenters. The number of ether oxygens (including phenoxy) is 5. The number of piperidine rings is 1. The van der Waals surface area contributed by atoms with E-state index in [1.165, 1.54) is 5.56 Å². The molecule has 2 aliphatic carbocycles. The maximum atomic E-state index is 14.2. The molecule has 6 aliphatic rings. The Morgan fingerprint density at radius 2 is 1.51 bits per heavy atom. The lowest BCUT2D eigenvalue weighted by Gasteiger charge is -2.49. The Balaban J connectivity index is 1.03. The predicted molar refractivity (Wildman–Crippen MR) is 284 cm³/mol. The van der Waals surface area contributed by atoms with Gasteiger partial charge in [0, 0.05) is 68.7 Å². The second-order valence-corrected chi connectivity index (χ2v) is 22.7. The molecule has 6 fully saturated rings. The zero-order chi connectivity index (χ0) is 54.1. The molecule has 76 heavy (non-hydrogen) atoms. The molecule has 0 spiro atoms. The van der Waals surface area contributed by atoms with Gasteiger partial charge >= 0.3 is 5.97 Å². The topological polar surface area (TPSA) is 306 Å². The molecular weight excluding hydrogens is 1050 g/mol. The van der Waals surface area contributed by atoms with Crippen molar-refractivity contribution >= 4 is 33.7 Å². The zero-order valence-electron chi connectivity index (χ0n) is 44.5. The van der Waals surface area contributed by atoms with E-state index in [2.05, 4.69) is 76.2 Å². The second kappa shape index (κ2) is 30.9. The maximum absolute atomic E-state index is 14.2. The zero-order valence-corrected chi connectivity index (χ0v) is 46.1. The number of nitrogens with zero attached hydrogens (tertiary/aromatic N) is 1. The van der Waals surface area contributed by atoms with Crippen molar-refractivity contribution in [3.63, 3.8) is 0 Å². The molecule has 4 saturated heterocycles. The summed E-state index contributed by atoms with van der Waals surface area (Å²) < 4.78 is 32.9. The highest BCUT2D eigenvalue weighted by Crippen LogP contribution is 2.40. The number of rotatable bonds is 21. The molecule has 1 aromatic carbocycles. The number of carbonyl (C=O) groups excluding carboxylic acids is 2. The fourth-order valence-corrected chi connectivity index (χ4v) is 11.8. The fourth-order valence-electron chi connectivity index (χ4n) is 11.2. The van der Waals surface area contributed by atoms with E-state index in [4.69, 9.17) is 23.7 Å². The number of aliphatic hydroxyl groups is 5. The van der Waals surface area contributed by atoms with E-state index in [9.17, 15) is 45.0 Å². The van der Waals surface area contributed by atoms with Crippen LogP contribution in [-0.4, -0.2) is 218 Å². The molecule has 14 unspecified atom stereocenters. The maximum Gasteiger partial charge on any atom is 0.332 e. The molecular formula is C53H89BrN8O14. The quantitative estimate of drug-likeness (QED) is 0.0675. The van der Waals surface area contributed by atoms with Gasteiger partial charge in [-0.3, -0.25) is 14.5 Å². The van der Waals surface area contributed by atoms with E-state index in [1.54, 1.807) is 6.92 Å². The van der Waals surface area contributed by atoms with Gasteiger partial charge in [-0.15, -0.1) is 0 Å². The number of carboxylic acids is 1. The van der Waals surface area contributed by atoms with Gasteiger partial charge in [-0.25, -0.2) is 4.79 Å². The van der Waals surface area contributed by atoms with E-state index in [0.717, 1.165) is 94.6 Å². The van der Waals surface area contributed by atoms with Crippen LogP contribution in [0.5, 0.6) is 0 Å². The Hall–Kier alpha value is -2.53. The number of aliphatic hydroxyl groups excluding tert-OH is 5. The number of nitrogens with one attached hydrogen (secondary N) is 7. The van der Waals surface area contributed by atoms with Gasteiger partial charge < -0.3 is 91.5 Å². The molecule has 2 saturated carbocycles.